The highest BCUT2D eigenvalue weighted by Gasteiger charge is 2.52. The van der Waals surface area contributed by atoms with Gasteiger partial charge in [-0.1, -0.05) is 212 Å². The highest BCUT2D eigenvalue weighted by Crippen LogP contribution is 2.64. The minimum Gasteiger partial charge on any atom is -0.310 e. The molecule has 1 aliphatic heterocycles. The maximum atomic E-state index is 2.50. The smallest absolute Gasteiger partial charge is 0.0755 e. The second-order valence-corrected chi connectivity index (χ2v) is 20.0. The molecule has 0 unspecified atom stereocenters. The first-order valence-corrected chi connectivity index (χ1v) is 26.3. The highest BCUT2D eigenvalue weighted by molar-refractivity contribution is 6.09. The lowest BCUT2D eigenvalue weighted by molar-refractivity contribution is 0.752. The summed E-state index contributed by atoms with van der Waals surface area (Å²) in [6.07, 6.45) is 0. The minimum absolute atomic E-state index is 0.606. The summed E-state index contributed by atoms with van der Waals surface area (Å²) in [5.74, 6) is 0. The van der Waals surface area contributed by atoms with E-state index < -0.39 is 5.41 Å². The van der Waals surface area contributed by atoms with Crippen LogP contribution in [0, 0.1) is 0 Å². The zero-order valence-electron chi connectivity index (χ0n) is 41.6. The Bertz CT molecular complexity index is 4240. The molecule has 0 saturated heterocycles. The second kappa shape index (κ2) is 17.6. The van der Waals surface area contributed by atoms with Crippen molar-refractivity contribution >= 4 is 55.9 Å². The van der Waals surface area contributed by atoms with Crippen LogP contribution in [0.2, 0.25) is 0 Å². The normalized spacial score (nSPS) is 12.8. The average Bonchev–Trinajstić information content (AvgIpc) is 4.20. The van der Waals surface area contributed by atoms with Gasteiger partial charge < -0.3 is 14.4 Å². The highest BCUT2D eigenvalue weighted by atomic mass is 15.2. The molecule has 356 valence electrons. The van der Waals surface area contributed by atoms with Gasteiger partial charge in [-0.05, 0) is 146 Å². The summed E-state index contributed by atoms with van der Waals surface area (Å²) in [6.45, 7) is 0. The van der Waals surface area contributed by atoms with Crippen molar-refractivity contribution in [2.75, 3.05) is 9.80 Å². The predicted octanol–water partition coefficient (Wildman–Crippen LogP) is 19.4. The van der Waals surface area contributed by atoms with Gasteiger partial charge in [0.15, 0.2) is 0 Å². The number of para-hydroxylation sites is 6. The fraction of sp³-hybridized carbons (Fsp3) is 0.0137. The summed E-state index contributed by atoms with van der Waals surface area (Å²) in [4.78, 5) is 4.93. The quantitative estimate of drug-likeness (QED) is 0.150. The van der Waals surface area contributed by atoms with Gasteiger partial charge in [0, 0.05) is 39.1 Å². The Hall–Kier alpha value is -9.96. The Morgan fingerprint density at radius 3 is 1.45 bits per heavy atom. The molecule has 0 radical (unpaired) electrons. The van der Waals surface area contributed by atoms with Crippen LogP contribution in [-0.4, -0.2) is 4.57 Å². The van der Waals surface area contributed by atoms with Crippen LogP contribution in [0.15, 0.2) is 297 Å². The summed E-state index contributed by atoms with van der Waals surface area (Å²) in [7, 11) is 0. The summed E-state index contributed by atoms with van der Waals surface area (Å²) < 4.78 is 2.38. The van der Waals surface area contributed by atoms with E-state index in [0.29, 0.717) is 0 Å². The number of hydrogen-bond donors (Lipinski definition) is 0. The first-order chi connectivity index (χ1) is 37.7. The monoisotopic (exact) mass is 967 g/mol. The summed E-state index contributed by atoms with van der Waals surface area (Å²) >= 11 is 0. The molecule has 1 aromatic heterocycles. The molecule has 3 heteroatoms. The Labute approximate surface area is 443 Å². The lowest BCUT2D eigenvalue weighted by Crippen LogP contribution is -2.36. The first-order valence-electron chi connectivity index (χ1n) is 26.3. The predicted molar refractivity (Wildman–Crippen MR) is 317 cm³/mol. The van der Waals surface area contributed by atoms with Crippen molar-refractivity contribution < 1.29 is 0 Å². The van der Waals surface area contributed by atoms with Crippen LogP contribution in [-0.2, 0) is 5.41 Å². The van der Waals surface area contributed by atoms with E-state index in [1.165, 1.54) is 77.7 Å². The molecule has 2 heterocycles. The van der Waals surface area contributed by atoms with Crippen LogP contribution in [0.5, 0.6) is 0 Å². The van der Waals surface area contributed by atoms with Crippen LogP contribution < -0.4 is 9.80 Å². The van der Waals surface area contributed by atoms with E-state index in [1.807, 2.05) is 0 Å². The molecule has 0 atom stereocenters. The van der Waals surface area contributed by atoms with E-state index in [0.717, 1.165) is 50.7 Å². The van der Waals surface area contributed by atoms with Crippen molar-refractivity contribution in [2.45, 2.75) is 5.41 Å². The molecule has 0 N–H and O–H groups in total. The van der Waals surface area contributed by atoms with Crippen LogP contribution >= 0.6 is 0 Å². The number of nitrogens with zero attached hydrogens (tertiary/aromatic N) is 3. The third kappa shape index (κ3) is 6.69. The maximum Gasteiger partial charge on any atom is 0.0755 e. The lowest BCUT2D eigenvalue weighted by Gasteiger charge is -2.45. The molecule has 0 amide bonds. The molecule has 0 saturated carbocycles. The van der Waals surface area contributed by atoms with E-state index in [9.17, 15) is 0 Å². The van der Waals surface area contributed by atoms with Crippen molar-refractivity contribution in [3.63, 3.8) is 0 Å². The van der Waals surface area contributed by atoms with Gasteiger partial charge in [-0.3, -0.25) is 0 Å². The topological polar surface area (TPSA) is 11.4 Å². The molecule has 1 spiro atoms. The van der Waals surface area contributed by atoms with Gasteiger partial charge in [0.25, 0.3) is 0 Å². The van der Waals surface area contributed by atoms with E-state index in [2.05, 4.69) is 312 Å². The SMILES string of the molecule is c1ccc(-c2cccc(-c3ccccc3N(c3ccc(-c4ccc(-n5c6ccccc6c6ccccc65)cc4)cc3)c3ccc4c(c3)C3(c5ccccc5-4)c4ccccc4N(c4ccccc4)c4ccccc43)c2)cc1. The summed E-state index contributed by atoms with van der Waals surface area (Å²) in [6, 6.07) is 109. The molecule has 3 nitrogen and oxygen atoms in total. The van der Waals surface area contributed by atoms with Gasteiger partial charge in [-0.2, -0.15) is 0 Å². The third-order valence-corrected chi connectivity index (χ3v) is 16.0. The number of rotatable bonds is 8. The van der Waals surface area contributed by atoms with Crippen molar-refractivity contribution in [3.05, 3.63) is 320 Å². The van der Waals surface area contributed by atoms with Crippen molar-refractivity contribution in [1.82, 2.24) is 4.57 Å². The standard InChI is InChI=1S/C73H49N3/c1-3-20-50(21-4-1)53-22-19-23-54(48-53)59-26-8-14-33-68(59)74(56-42-38-51(39-43-56)52-40-44-57(45-41-52)75-69-34-15-9-28-62(69)63-29-10-16-35-70(63)75)58-46-47-61-60-27-7-11-30-64(60)73(67(61)49-58)65-31-12-17-36-71(65)76(55-24-5-2-6-25-55)72-37-18-13-32-66(72)73/h1-49H. The van der Waals surface area contributed by atoms with Crippen LogP contribution in [0.1, 0.15) is 22.3 Å². The fourth-order valence-corrected chi connectivity index (χ4v) is 12.7. The van der Waals surface area contributed by atoms with Gasteiger partial charge in [0.05, 0.1) is 33.5 Å². The average molecular weight is 968 g/mol. The molecule has 0 fully saturated rings. The number of hydrogen-bond acceptors (Lipinski definition) is 2. The van der Waals surface area contributed by atoms with Crippen molar-refractivity contribution in [2.24, 2.45) is 0 Å². The molecule has 1 aliphatic carbocycles. The molecule has 13 aromatic rings. The lowest BCUT2D eigenvalue weighted by atomic mass is 9.64. The Balaban J connectivity index is 0.908. The molecular weight excluding hydrogens is 919 g/mol. The molecule has 76 heavy (non-hydrogen) atoms. The van der Waals surface area contributed by atoms with Crippen LogP contribution in [0.3, 0.4) is 0 Å². The molecule has 15 rings (SSSR count). The Kier molecular flexibility index (Phi) is 10.1. The Morgan fingerprint density at radius 1 is 0.276 bits per heavy atom. The van der Waals surface area contributed by atoms with Crippen LogP contribution in [0.4, 0.5) is 34.1 Å². The summed E-state index contributed by atoms with van der Waals surface area (Å²) in [5.41, 5.74) is 24.3. The number of anilines is 6. The zero-order chi connectivity index (χ0) is 50.2. The largest absolute Gasteiger partial charge is 0.310 e. The van der Waals surface area contributed by atoms with Crippen molar-refractivity contribution in [3.8, 4) is 50.2 Å². The Morgan fingerprint density at radius 2 is 0.763 bits per heavy atom. The van der Waals surface area contributed by atoms with Gasteiger partial charge in [-0.15, -0.1) is 0 Å². The second-order valence-electron chi connectivity index (χ2n) is 20.0. The van der Waals surface area contributed by atoms with E-state index in [4.69, 9.17) is 0 Å². The molecular formula is C73H49N3. The van der Waals surface area contributed by atoms with Crippen LogP contribution in [0.25, 0.3) is 72.0 Å². The molecule has 0 bridgehead atoms. The minimum atomic E-state index is -0.606. The van der Waals surface area contributed by atoms with E-state index in [-0.39, 0.29) is 0 Å². The van der Waals surface area contributed by atoms with Gasteiger partial charge in [-0.25, -0.2) is 0 Å². The molecule has 12 aromatic carbocycles. The van der Waals surface area contributed by atoms with Crippen molar-refractivity contribution in [1.29, 1.82) is 0 Å². The van der Waals surface area contributed by atoms with E-state index >= 15 is 0 Å². The number of aromatic nitrogens is 1. The zero-order valence-corrected chi connectivity index (χ0v) is 41.6. The maximum absolute atomic E-state index is 2.50. The third-order valence-electron chi connectivity index (χ3n) is 16.0. The van der Waals surface area contributed by atoms with Gasteiger partial charge >= 0.3 is 0 Å². The van der Waals surface area contributed by atoms with Gasteiger partial charge in [0.1, 0.15) is 0 Å². The number of fused-ring (bicyclic) bond motifs is 12. The summed E-state index contributed by atoms with van der Waals surface area (Å²) in [5, 5.41) is 2.53. The number of benzene rings is 12. The van der Waals surface area contributed by atoms with E-state index in [1.54, 1.807) is 0 Å². The first kappa shape index (κ1) is 43.6. The molecule has 2 aliphatic rings. The fourth-order valence-electron chi connectivity index (χ4n) is 12.7. The van der Waals surface area contributed by atoms with Gasteiger partial charge in [0.2, 0.25) is 0 Å².